The molecule has 9 heteroatoms. The van der Waals surface area contributed by atoms with Crippen molar-refractivity contribution >= 4 is 30.9 Å². The minimum atomic E-state index is -3.87. The monoisotopic (exact) mass is 451 g/mol. The predicted molar refractivity (Wildman–Crippen MR) is 118 cm³/mol. The zero-order valence-electron chi connectivity index (χ0n) is 16.3. The second-order valence-electron chi connectivity index (χ2n) is 6.91. The molecule has 0 spiro atoms. The van der Waals surface area contributed by atoms with Gasteiger partial charge in [-0.25, -0.2) is 27.0 Å². The number of aromatic amines is 1. The van der Waals surface area contributed by atoms with Gasteiger partial charge in [0.15, 0.2) is 15.7 Å². The highest BCUT2D eigenvalue weighted by Crippen LogP contribution is 2.28. The summed E-state index contributed by atoms with van der Waals surface area (Å²) in [6.45, 7) is 0. The minimum absolute atomic E-state index is 0.0476. The highest BCUT2D eigenvalue weighted by atomic mass is 32.2. The molecule has 0 aliphatic heterocycles. The van der Waals surface area contributed by atoms with E-state index >= 15 is 0 Å². The highest BCUT2D eigenvalue weighted by Gasteiger charge is 2.15. The van der Waals surface area contributed by atoms with Crippen molar-refractivity contribution in [3.63, 3.8) is 0 Å². The lowest BCUT2D eigenvalue weighted by Crippen LogP contribution is -2.13. The Labute approximate surface area is 179 Å². The fourth-order valence-electron chi connectivity index (χ4n) is 3.11. The van der Waals surface area contributed by atoms with Crippen LogP contribution in [0.4, 0.5) is 0 Å². The van der Waals surface area contributed by atoms with Crippen molar-refractivity contribution in [1.29, 1.82) is 0 Å². The zero-order valence-corrected chi connectivity index (χ0v) is 18.0. The number of benzene rings is 3. The van der Waals surface area contributed by atoms with Gasteiger partial charge in [0.05, 0.1) is 20.8 Å². The van der Waals surface area contributed by atoms with Gasteiger partial charge in [-0.2, -0.15) is 0 Å². The van der Waals surface area contributed by atoms with E-state index in [1.54, 1.807) is 48.5 Å². The Morgan fingerprint density at radius 3 is 2.29 bits per heavy atom. The van der Waals surface area contributed by atoms with Crippen molar-refractivity contribution in [2.45, 2.75) is 9.79 Å². The van der Waals surface area contributed by atoms with Crippen LogP contribution in [0.2, 0.25) is 0 Å². The van der Waals surface area contributed by atoms with Crippen LogP contribution in [0, 0.1) is 11.8 Å². The summed E-state index contributed by atoms with van der Waals surface area (Å²) in [4.78, 5) is 7.81. The molecule has 156 valence electrons. The summed E-state index contributed by atoms with van der Waals surface area (Å²) >= 11 is 0. The summed E-state index contributed by atoms with van der Waals surface area (Å²) in [6, 6.07) is 18.1. The molecule has 0 aliphatic rings. The standard InChI is InChI=1S/C22H17N3O4S2/c1-30(26,27)17-10-6-15(7-11-17)8-13-22-24-19-12-9-16(14-20(19)25-22)18-4-2-3-5-21(18)31(23,28)29/h2-7,9-12,14H,1H3,(H,24,25)(H2,23,28,29). The number of hydrogen-bond donors (Lipinski definition) is 2. The fourth-order valence-corrected chi connectivity index (χ4v) is 4.50. The van der Waals surface area contributed by atoms with Crippen LogP contribution in [0.1, 0.15) is 11.4 Å². The third kappa shape index (κ3) is 4.51. The molecule has 7 nitrogen and oxygen atoms in total. The number of primary sulfonamides is 1. The highest BCUT2D eigenvalue weighted by molar-refractivity contribution is 7.90. The molecule has 3 N–H and O–H groups in total. The maximum absolute atomic E-state index is 11.9. The zero-order chi connectivity index (χ0) is 22.2. The van der Waals surface area contributed by atoms with Crippen LogP contribution in [0.5, 0.6) is 0 Å². The van der Waals surface area contributed by atoms with E-state index in [0.717, 1.165) is 6.26 Å². The van der Waals surface area contributed by atoms with E-state index in [0.29, 0.717) is 33.5 Å². The third-order valence-electron chi connectivity index (χ3n) is 4.59. The van der Waals surface area contributed by atoms with E-state index < -0.39 is 19.9 Å². The minimum Gasteiger partial charge on any atom is -0.331 e. The molecule has 1 aromatic heterocycles. The number of sulfone groups is 1. The average molecular weight is 452 g/mol. The van der Waals surface area contributed by atoms with Gasteiger partial charge in [-0.1, -0.05) is 30.2 Å². The predicted octanol–water partition coefficient (Wildman–Crippen LogP) is 2.68. The van der Waals surface area contributed by atoms with Crippen molar-refractivity contribution in [2.75, 3.05) is 6.26 Å². The summed E-state index contributed by atoms with van der Waals surface area (Å²) < 4.78 is 46.9. The Morgan fingerprint density at radius 2 is 1.61 bits per heavy atom. The Hall–Kier alpha value is -3.45. The van der Waals surface area contributed by atoms with Crippen LogP contribution in [-0.2, 0) is 19.9 Å². The maximum atomic E-state index is 11.9. The molecule has 0 fully saturated rings. The molecular weight excluding hydrogens is 434 g/mol. The van der Waals surface area contributed by atoms with Crippen LogP contribution in [-0.4, -0.2) is 33.1 Å². The van der Waals surface area contributed by atoms with Crippen molar-refractivity contribution in [2.24, 2.45) is 5.14 Å². The number of aromatic nitrogens is 2. The molecule has 0 unspecified atom stereocenters. The van der Waals surface area contributed by atoms with E-state index in [-0.39, 0.29) is 9.79 Å². The molecule has 0 saturated heterocycles. The van der Waals surface area contributed by atoms with Crippen molar-refractivity contribution in [3.05, 3.63) is 78.1 Å². The molecule has 0 atom stereocenters. The van der Waals surface area contributed by atoms with Gasteiger partial charge in [-0.05, 0) is 53.9 Å². The first-order valence-electron chi connectivity index (χ1n) is 9.05. The summed E-state index contributed by atoms with van der Waals surface area (Å²) in [5.74, 6) is 6.29. The molecule has 0 saturated carbocycles. The summed E-state index contributed by atoms with van der Waals surface area (Å²) in [7, 11) is -7.12. The molecule has 0 amide bonds. The summed E-state index contributed by atoms with van der Waals surface area (Å²) in [5, 5.41) is 5.34. The van der Waals surface area contributed by atoms with E-state index in [2.05, 4.69) is 21.8 Å². The topological polar surface area (TPSA) is 123 Å². The molecule has 0 aliphatic carbocycles. The van der Waals surface area contributed by atoms with Gasteiger partial charge >= 0.3 is 0 Å². The van der Waals surface area contributed by atoms with Crippen LogP contribution in [0.25, 0.3) is 22.2 Å². The van der Waals surface area contributed by atoms with Crippen LogP contribution in [0.3, 0.4) is 0 Å². The number of fused-ring (bicyclic) bond motifs is 1. The number of nitrogens with two attached hydrogens (primary N) is 1. The molecule has 3 aromatic carbocycles. The van der Waals surface area contributed by atoms with E-state index in [1.807, 2.05) is 0 Å². The maximum Gasteiger partial charge on any atom is 0.238 e. The molecule has 0 radical (unpaired) electrons. The number of hydrogen-bond acceptors (Lipinski definition) is 5. The lowest BCUT2D eigenvalue weighted by molar-refractivity contribution is 0.597. The second kappa shape index (κ2) is 7.67. The normalized spacial score (nSPS) is 11.8. The van der Waals surface area contributed by atoms with Gasteiger partial charge in [-0.3, -0.25) is 0 Å². The number of nitrogens with zero attached hydrogens (tertiary/aromatic N) is 1. The fraction of sp³-hybridized carbons (Fsp3) is 0.0455. The SMILES string of the molecule is CS(=O)(=O)c1ccc(C#Cc2nc3ccc(-c4ccccc4S(N)(=O)=O)cc3[nH]2)cc1. The Kier molecular flexibility index (Phi) is 5.15. The molecule has 4 rings (SSSR count). The van der Waals surface area contributed by atoms with Crippen LogP contribution >= 0.6 is 0 Å². The van der Waals surface area contributed by atoms with Gasteiger partial charge in [0.25, 0.3) is 0 Å². The second-order valence-corrected chi connectivity index (χ2v) is 10.5. The van der Waals surface area contributed by atoms with Gasteiger partial charge < -0.3 is 4.98 Å². The number of H-pyrrole nitrogens is 1. The van der Waals surface area contributed by atoms with Gasteiger partial charge in [-0.15, -0.1) is 0 Å². The smallest absolute Gasteiger partial charge is 0.238 e. The number of imidazole rings is 1. The number of sulfonamides is 1. The molecule has 4 aromatic rings. The first-order valence-corrected chi connectivity index (χ1v) is 12.5. The van der Waals surface area contributed by atoms with E-state index in [1.165, 1.54) is 18.2 Å². The van der Waals surface area contributed by atoms with Crippen molar-refractivity contribution in [3.8, 4) is 23.0 Å². The summed E-state index contributed by atoms with van der Waals surface area (Å²) in [6.07, 6.45) is 1.15. The van der Waals surface area contributed by atoms with Crippen LogP contribution < -0.4 is 5.14 Å². The van der Waals surface area contributed by atoms with Crippen LogP contribution in [0.15, 0.2) is 76.5 Å². The van der Waals surface area contributed by atoms with Crippen molar-refractivity contribution in [1.82, 2.24) is 9.97 Å². The first kappa shape index (κ1) is 20.8. The molecular formula is C22H17N3O4S2. The number of rotatable bonds is 3. The van der Waals surface area contributed by atoms with Gasteiger partial charge in [0, 0.05) is 17.4 Å². The van der Waals surface area contributed by atoms with Gasteiger partial charge in [0.2, 0.25) is 10.0 Å². The lowest BCUT2D eigenvalue weighted by Gasteiger charge is -2.07. The number of nitrogens with one attached hydrogen (secondary N) is 1. The molecule has 1 heterocycles. The lowest BCUT2D eigenvalue weighted by atomic mass is 10.1. The summed E-state index contributed by atoms with van der Waals surface area (Å²) in [5.41, 5.74) is 3.19. The Morgan fingerprint density at radius 1 is 0.903 bits per heavy atom. The van der Waals surface area contributed by atoms with E-state index in [9.17, 15) is 16.8 Å². The first-order chi connectivity index (χ1) is 14.6. The molecule has 31 heavy (non-hydrogen) atoms. The van der Waals surface area contributed by atoms with E-state index in [4.69, 9.17) is 5.14 Å². The largest absolute Gasteiger partial charge is 0.331 e. The Balaban J connectivity index is 1.68. The van der Waals surface area contributed by atoms with Gasteiger partial charge in [0.1, 0.15) is 0 Å². The average Bonchev–Trinajstić information content (AvgIpc) is 3.13. The quantitative estimate of drug-likeness (QED) is 0.464. The third-order valence-corrected chi connectivity index (χ3v) is 6.69. The molecule has 0 bridgehead atoms. The van der Waals surface area contributed by atoms with Crippen molar-refractivity contribution < 1.29 is 16.8 Å². The Bertz CT molecular complexity index is 1580.